The molecule has 0 bridgehead atoms. The van der Waals surface area contributed by atoms with Crippen molar-refractivity contribution in [2.24, 2.45) is 0 Å². The van der Waals surface area contributed by atoms with Gasteiger partial charge in [0.15, 0.2) is 10.1 Å². The third-order valence-corrected chi connectivity index (χ3v) is 3.42. The molecule has 1 aliphatic rings. The summed E-state index contributed by atoms with van der Waals surface area (Å²) >= 11 is 11.6. The largest absolute Gasteiger partial charge is 0.296 e. The minimum Gasteiger partial charge on any atom is -0.296 e. The Hall–Kier alpha value is -0.600. The molecule has 4 heteroatoms. The molecule has 0 amide bonds. The van der Waals surface area contributed by atoms with Gasteiger partial charge in [0.2, 0.25) is 0 Å². The fourth-order valence-corrected chi connectivity index (χ4v) is 2.10. The van der Waals surface area contributed by atoms with E-state index < -0.39 is 4.33 Å². The molecule has 0 N–H and O–H groups in total. The van der Waals surface area contributed by atoms with Crippen molar-refractivity contribution in [3.05, 3.63) is 35.6 Å². The van der Waals surface area contributed by atoms with Gasteiger partial charge in [0, 0.05) is 12.3 Å². The molecular weight excluding hydrogens is 226 g/mol. The monoisotopic (exact) mass is 232 g/mol. The minimum atomic E-state index is -1.32. The number of ketones is 1. The van der Waals surface area contributed by atoms with E-state index in [-0.39, 0.29) is 17.5 Å². The van der Waals surface area contributed by atoms with Crippen molar-refractivity contribution in [1.82, 2.24) is 0 Å². The maximum atomic E-state index is 12.6. The summed E-state index contributed by atoms with van der Waals surface area (Å²) in [5, 5.41) is 0. The van der Waals surface area contributed by atoms with E-state index in [1.807, 2.05) is 0 Å². The summed E-state index contributed by atoms with van der Waals surface area (Å²) < 4.78 is 11.3. The SMILES string of the molecule is O=C1CC(c2ccc(F)cc2)C1(Cl)Cl. The Labute approximate surface area is 90.8 Å². The number of Topliss-reactive ketones (excluding diaryl/α,β-unsaturated/α-hetero) is 1. The zero-order valence-corrected chi connectivity index (χ0v) is 8.65. The number of rotatable bonds is 1. The Kier molecular flexibility index (Phi) is 2.28. The van der Waals surface area contributed by atoms with Crippen LogP contribution in [0.2, 0.25) is 0 Å². The Morgan fingerprint density at radius 1 is 1.29 bits per heavy atom. The van der Waals surface area contributed by atoms with E-state index in [1.54, 1.807) is 12.1 Å². The Balaban J connectivity index is 2.26. The summed E-state index contributed by atoms with van der Waals surface area (Å²) in [6.45, 7) is 0. The molecule has 0 saturated heterocycles. The smallest absolute Gasteiger partial charge is 0.183 e. The standard InChI is InChI=1S/C10H7Cl2FO/c11-10(12)8(5-9(10)14)6-1-3-7(13)4-2-6/h1-4,8H,5H2. The first kappa shape index (κ1) is 9.94. The van der Waals surface area contributed by atoms with E-state index in [9.17, 15) is 9.18 Å². The number of carbonyl (C=O) groups excluding carboxylic acids is 1. The maximum absolute atomic E-state index is 12.6. The second kappa shape index (κ2) is 3.21. The van der Waals surface area contributed by atoms with Crippen LogP contribution in [0.4, 0.5) is 4.39 Å². The molecule has 0 aromatic heterocycles. The average molecular weight is 233 g/mol. The summed E-state index contributed by atoms with van der Waals surface area (Å²) in [7, 11) is 0. The van der Waals surface area contributed by atoms with E-state index in [0.29, 0.717) is 6.42 Å². The number of benzene rings is 1. The summed E-state index contributed by atoms with van der Waals surface area (Å²) in [6.07, 6.45) is 0.332. The molecule has 1 unspecified atom stereocenters. The zero-order valence-electron chi connectivity index (χ0n) is 7.14. The normalized spacial score (nSPS) is 24.5. The van der Waals surface area contributed by atoms with E-state index in [1.165, 1.54) is 12.1 Å². The Morgan fingerprint density at radius 2 is 1.86 bits per heavy atom. The van der Waals surface area contributed by atoms with Gasteiger partial charge in [-0.3, -0.25) is 4.79 Å². The highest BCUT2D eigenvalue weighted by Crippen LogP contribution is 2.50. The van der Waals surface area contributed by atoms with Gasteiger partial charge >= 0.3 is 0 Å². The Bertz CT molecular complexity index is 372. The van der Waals surface area contributed by atoms with Crippen molar-refractivity contribution < 1.29 is 9.18 Å². The molecule has 1 saturated carbocycles. The van der Waals surface area contributed by atoms with E-state index >= 15 is 0 Å². The minimum absolute atomic E-state index is 0.171. The molecule has 1 fully saturated rings. The zero-order chi connectivity index (χ0) is 10.3. The number of halogens is 3. The third kappa shape index (κ3) is 1.43. The maximum Gasteiger partial charge on any atom is 0.183 e. The highest BCUT2D eigenvalue weighted by molar-refractivity contribution is 6.61. The van der Waals surface area contributed by atoms with Gasteiger partial charge in [-0.25, -0.2) is 4.39 Å². The molecule has 0 spiro atoms. The molecule has 1 aromatic rings. The summed E-state index contributed by atoms with van der Waals surface area (Å²) in [5.41, 5.74) is 0.802. The lowest BCUT2D eigenvalue weighted by molar-refractivity contribution is -0.125. The topological polar surface area (TPSA) is 17.1 Å². The molecule has 2 rings (SSSR count). The lowest BCUT2D eigenvalue weighted by Crippen LogP contribution is -2.45. The van der Waals surface area contributed by atoms with Crippen LogP contribution in [-0.4, -0.2) is 10.1 Å². The van der Waals surface area contributed by atoms with Gasteiger partial charge < -0.3 is 0 Å². The Morgan fingerprint density at radius 3 is 2.29 bits per heavy atom. The van der Waals surface area contributed by atoms with Crippen molar-refractivity contribution in [2.45, 2.75) is 16.7 Å². The molecule has 74 valence electrons. The van der Waals surface area contributed by atoms with Crippen LogP contribution >= 0.6 is 23.2 Å². The highest BCUT2D eigenvalue weighted by Gasteiger charge is 2.53. The van der Waals surface area contributed by atoms with Crippen molar-refractivity contribution in [3.8, 4) is 0 Å². The molecule has 0 heterocycles. The summed E-state index contributed by atoms with van der Waals surface area (Å²) in [4.78, 5) is 11.1. The first-order chi connectivity index (χ1) is 6.51. The number of carbonyl (C=O) groups is 1. The first-order valence-electron chi connectivity index (χ1n) is 4.18. The average Bonchev–Trinajstić information content (AvgIpc) is 2.16. The van der Waals surface area contributed by atoms with Crippen molar-refractivity contribution in [3.63, 3.8) is 0 Å². The molecule has 1 aliphatic carbocycles. The number of hydrogen-bond acceptors (Lipinski definition) is 1. The lowest BCUT2D eigenvalue weighted by atomic mass is 9.77. The number of alkyl halides is 2. The van der Waals surface area contributed by atoms with Crippen LogP contribution < -0.4 is 0 Å². The van der Waals surface area contributed by atoms with Gasteiger partial charge in [0.1, 0.15) is 5.82 Å². The molecule has 0 radical (unpaired) electrons. The van der Waals surface area contributed by atoms with Crippen LogP contribution in [0.25, 0.3) is 0 Å². The fraction of sp³-hybridized carbons (Fsp3) is 0.300. The molecule has 1 nitrogen and oxygen atoms in total. The van der Waals surface area contributed by atoms with Gasteiger partial charge in [-0.1, -0.05) is 35.3 Å². The number of hydrogen-bond donors (Lipinski definition) is 0. The van der Waals surface area contributed by atoms with Gasteiger partial charge in [-0.2, -0.15) is 0 Å². The van der Waals surface area contributed by atoms with Crippen LogP contribution in [0.3, 0.4) is 0 Å². The molecule has 14 heavy (non-hydrogen) atoms. The van der Waals surface area contributed by atoms with Crippen molar-refractivity contribution >= 4 is 29.0 Å². The predicted molar refractivity (Wildman–Crippen MR) is 53.2 cm³/mol. The van der Waals surface area contributed by atoms with Crippen LogP contribution in [0.1, 0.15) is 17.9 Å². The summed E-state index contributed by atoms with van der Waals surface area (Å²) in [6, 6.07) is 5.88. The fourth-order valence-electron chi connectivity index (χ4n) is 1.54. The van der Waals surface area contributed by atoms with Gasteiger partial charge in [0.05, 0.1) is 0 Å². The summed E-state index contributed by atoms with van der Waals surface area (Å²) in [5.74, 6) is -0.691. The third-order valence-electron chi connectivity index (χ3n) is 2.47. The highest BCUT2D eigenvalue weighted by atomic mass is 35.5. The van der Waals surface area contributed by atoms with E-state index in [2.05, 4.69) is 0 Å². The van der Waals surface area contributed by atoms with E-state index in [4.69, 9.17) is 23.2 Å². The van der Waals surface area contributed by atoms with Crippen LogP contribution in [0.15, 0.2) is 24.3 Å². The van der Waals surface area contributed by atoms with Crippen LogP contribution in [0, 0.1) is 5.82 Å². The molecule has 1 atom stereocenters. The quantitative estimate of drug-likeness (QED) is 0.681. The first-order valence-corrected chi connectivity index (χ1v) is 4.94. The van der Waals surface area contributed by atoms with Gasteiger partial charge in [0.25, 0.3) is 0 Å². The van der Waals surface area contributed by atoms with Crippen LogP contribution in [0.5, 0.6) is 0 Å². The van der Waals surface area contributed by atoms with Gasteiger partial charge in [-0.15, -0.1) is 0 Å². The van der Waals surface area contributed by atoms with Gasteiger partial charge in [-0.05, 0) is 17.7 Å². The molecule has 0 aliphatic heterocycles. The van der Waals surface area contributed by atoms with Crippen molar-refractivity contribution in [2.75, 3.05) is 0 Å². The van der Waals surface area contributed by atoms with E-state index in [0.717, 1.165) is 5.56 Å². The van der Waals surface area contributed by atoms with Crippen LogP contribution in [-0.2, 0) is 4.79 Å². The lowest BCUT2D eigenvalue weighted by Gasteiger charge is -2.38. The second-order valence-electron chi connectivity index (χ2n) is 3.35. The predicted octanol–water partition coefficient (Wildman–Crippen LogP) is 3.06. The van der Waals surface area contributed by atoms with Crippen molar-refractivity contribution in [1.29, 1.82) is 0 Å². The second-order valence-corrected chi connectivity index (χ2v) is 4.74. The molecule has 1 aromatic carbocycles. The molecular formula is C10H7Cl2FO.